The van der Waals surface area contributed by atoms with Crippen molar-refractivity contribution in [1.29, 1.82) is 0 Å². The Morgan fingerprint density at radius 3 is 2.33 bits per heavy atom. The lowest BCUT2D eigenvalue weighted by Gasteiger charge is -2.18. The predicted octanol–water partition coefficient (Wildman–Crippen LogP) is 4.11. The molecule has 1 aromatic carbocycles. The number of rotatable bonds is 4. The topological polar surface area (TPSA) is 17.1 Å². The summed E-state index contributed by atoms with van der Waals surface area (Å²) >= 11 is 0. The lowest BCUT2D eigenvalue weighted by atomic mass is 9.86. The van der Waals surface area contributed by atoms with Gasteiger partial charge in [-0.3, -0.25) is 4.79 Å². The van der Waals surface area contributed by atoms with Crippen LogP contribution in [0.15, 0.2) is 24.3 Å². The molecule has 0 aliphatic rings. The van der Waals surface area contributed by atoms with Gasteiger partial charge in [0.2, 0.25) is 0 Å². The Balaban J connectivity index is 2.94. The number of ketones is 1. The number of hydrogen-bond acceptors (Lipinski definition) is 1. The van der Waals surface area contributed by atoms with Crippen molar-refractivity contribution in [3.05, 3.63) is 35.4 Å². The van der Waals surface area contributed by atoms with E-state index in [-0.39, 0.29) is 17.6 Å². The van der Waals surface area contributed by atoms with Crippen LogP contribution in [0.1, 0.15) is 31.9 Å². The molecule has 0 aliphatic carbocycles. The fourth-order valence-electron chi connectivity index (χ4n) is 1.98. The molecule has 0 fully saturated rings. The third-order valence-corrected chi connectivity index (χ3v) is 3.04. The predicted molar refractivity (Wildman–Crippen MR) is 64.2 cm³/mol. The van der Waals surface area contributed by atoms with E-state index in [4.69, 9.17) is 0 Å². The highest BCUT2D eigenvalue weighted by molar-refractivity contribution is 5.78. The summed E-state index contributed by atoms with van der Waals surface area (Å²) in [5, 5.41) is 0. The highest BCUT2D eigenvalue weighted by Crippen LogP contribution is 2.30. The first-order valence-corrected chi connectivity index (χ1v) is 5.88. The van der Waals surface area contributed by atoms with Gasteiger partial charge in [-0.25, -0.2) is 0 Å². The summed E-state index contributed by atoms with van der Waals surface area (Å²) < 4.78 is 37.7. The van der Waals surface area contributed by atoms with Crippen molar-refractivity contribution in [3.8, 4) is 0 Å². The standard InChI is InChI=1S/C14H17F3O/c1-9(2)13(10(3)18)8-11-5-4-6-12(7-11)14(15,16)17/h4-7,9,13H,8H2,1-3H3. The summed E-state index contributed by atoms with van der Waals surface area (Å²) in [6.45, 7) is 5.29. The van der Waals surface area contributed by atoms with E-state index < -0.39 is 11.7 Å². The van der Waals surface area contributed by atoms with E-state index in [1.54, 1.807) is 6.07 Å². The summed E-state index contributed by atoms with van der Waals surface area (Å²) in [4.78, 5) is 11.4. The zero-order valence-corrected chi connectivity index (χ0v) is 10.7. The SMILES string of the molecule is CC(=O)C(Cc1cccc(C(F)(F)F)c1)C(C)C. The number of Topliss-reactive ketones (excluding diaryl/α,β-unsaturated/α-hetero) is 1. The van der Waals surface area contributed by atoms with Gasteiger partial charge in [-0.05, 0) is 30.9 Å². The number of alkyl halides is 3. The van der Waals surface area contributed by atoms with E-state index in [9.17, 15) is 18.0 Å². The third kappa shape index (κ3) is 3.86. The van der Waals surface area contributed by atoms with Crippen molar-refractivity contribution in [2.75, 3.05) is 0 Å². The first kappa shape index (κ1) is 14.7. The zero-order valence-electron chi connectivity index (χ0n) is 10.7. The van der Waals surface area contributed by atoms with Crippen molar-refractivity contribution < 1.29 is 18.0 Å². The molecule has 18 heavy (non-hydrogen) atoms. The van der Waals surface area contributed by atoms with Gasteiger partial charge in [0.1, 0.15) is 5.78 Å². The Morgan fingerprint density at radius 1 is 1.28 bits per heavy atom. The normalized spacial score (nSPS) is 13.7. The highest BCUT2D eigenvalue weighted by Gasteiger charge is 2.30. The Labute approximate surface area is 105 Å². The summed E-state index contributed by atoms with van der Waals surface area (Å²) in [6, 6.07) is 5.18. The Kier molecular flexibility index (Phi) is 4.54. The molecule has 1 unspecified atom stereocenters. The minimum Gasteiger partial charge on any atom is -0.300 e. The van der Waals surface area contributed by atoms with E-state index in [1.165, 1.54) is 13.0 Å². The molecule has 0 heterocycles. The summed E-state index contributed by atoms with van der Waals surface area (Å²) in [5.41, 5.74) is -0.107. The average molecular weight is 258 g/mol. The molecule has 4 heteroatoms. The highest BCUT2D eigenvalue weighted by atomic mass is 19.4. The average Bonchev–Trinajstić information content (AvgIpc) is 2.24. The van der Waals surface area contributed by atoms with Crippen LogP contribution < -0.4 is 0 Å². The molecule has 1 aromatic rings. The maximum Gasteiger partial charge on any atom is 0.416 e. The second-order valence-corrected chi connectivity index (χ2v) is 4.86. The van der Waals surface area contributed by atoms with Crippen molar-refractivity contribution in [1.82, 2.24) is 0 Å². The zero-order chi connectivity index (χ0) is 13.9. The van der Waals surface area contributed by atoms with Crippen molar-refractivity contribution in [2.24, 2.45) is 11.8 Å². The lowest BCUT2D eigenvalue weighted by molar-refractivity contribution is -0.137. The van der Waals surface area contributed by atoms with Gasteiger partial charge in [0.25, 0.3) is 0 Å². The van der Waals surface area contributed by atoms with E-state index >= 15 is 0 Å². The fraction of sp³-hybridized carbons (Fsp3) is 0.500. The van der Waals surface area contributed by atoms with Crippen LogP contribution in [0.3, 0.4) is 0 Å². The molecule has 0 amide bonds. The maximum absolute atomic E-state index is 12.6. The molecular formula is C14H17F3O. The molecular weight excluding hydrogens is 241 g/mol. The molecule has 0 spiro atoms. The molecule has 0 N–H and O–H groups in total. The summed E-state index contributed by atoms with van der Waals surface area (Å²) in [6.07, 6.45) is -3.98. The number of halogens is 3. The van der Waals surface area contributed by atoms with Gasteiger partial charge in [-0.1, -0.05) is 32.0 Å². The number of hydrogen-bond donors (Lipinski definition) is 0. The van der Waals surface area contributed by atoms with Gasteiger partial charge in [0.15, 0.2) is 0 Å². The van der Waals surface area contributed by atoms with Crippen molar-refractivity contribution >= 4 is 5.78 Å². The third-order valence-electron chi connectivity index (χ3n) is 3.04. The lowest BCUT2D eigenvalue weighted by Crippen LogP contribution is -2.20. The van der Waals surface area contributed by atoms with Gasteiger partial charge in [0.05, 0.1) is 5.56 Å². The number of benzene rings is 1. The molecule has 0 aliphatic heterocycles. The Morgan fingerprint density at radius 2 is 1.89 bits per heavy atom. The van der Waals surface area contributed by atoms with Gasteiger partial charge in [-0.15, -0.1) is 0 Å². The molecule has 100 valence electrons. The van der Waals surface area contributed by atoms with Crippen LogP contribution in [0.25, 0.3) is 0 Å². The van der Waals surface area contributed by atoms with Gasteiger partial charge in [0, 0.05) is 5.92 Å². The number of carbonyl (C=O) groups is 1. The van der Waals surface area contributed by atoms with Gasteiger partial charge in [-0.2, -0.15) is 13.2 Å². The Hall–Kier alpha value is -1.32. The molecule has 0 bridgehead atoms. The number of carbonyl (C=O) groups excluding carboxylic acids is 1. The van der Waals surface area contributed by atoms with E-state index in [1.807, 2.05) is 13.8 Å². The van der Waals surface area contributed by atoms with Crippen molar-refractivity contribution in [2.45, 2.75) is 33.4 Å². The molecule has 0 saturated heterocycles. The van der Waals surface area contributed by atoms with Crippen LogP contribution in [-0.2, 0) is 17.4 Å². The smallest absolute Gasteiger partial charge is 0.300 e. The van der Waals surface area contributed by atoms with Crippen LogP contribution in [0.5, 0.6) is 0 Å². The molecule has 1 rings (SSSR count). The van der Waals surface area contributed by atoms with Crippen LogP contribution in [0, 0.1) is 11.8 Å². The largest absolute Gasteiger partial charge is 0.416 e. The minimum atomic E-state index is -4.33. The quantitative estimate of drug-likeness (QED) is 0.794. The van der Waals surface area contributed by atoms with Crippen molar-refractivity contribution in [3.63, 3.8) is 0 Å². The molecule has 1 nitrogen and oxygen atoms in total. The Bertz CT molecular complexity index is 421. The molecule has 0 aromatic heterocycles. The van der Waals surface area contributed by atoms with E-state index in [0.717, 1.165) is 12.1 Å². The minimum absolute atomic E-state index is 0.0161. The van der Waals surface area contributed by atoms with Gasteiger partial charge >= 0.3 is 6.18 Å². The van der Waals surface area contributed by atoms with Gasteiger partial charge < -0.3 is 0 Å². The maximum atomic E-state index is 12.6. The van der Waals surface area contributed by atoms with E-state index in [2.05, 4.69) is 0 Å². The molecule has 1 atom stereocenters. The molecule has 0 saturated carbocycles. The van der Waals surface area contributed by atoms with Crippen LogP contribution >= 0.6 is 0 Å². The van der Waals surface area contributed by atoms with Crippen LogP contribution in [0.4, 0.5) is 13.2 Å². The first-order chi connectivity index (χ1) is 8.21. The van der Waals surface area contributed by atoms with Crippen LogP contribution in [-0.4, -0.2) is 5.78 Å². The second-order valence-electron chi connectivity index (χ2n) is 4.86. The summed E-state index contributed by atoms with van der Waals surface area (Å²) in [5.74, 6) is -0.0899. The summed E-state index contributed by atoms with van der Waals surface area (Å²) in [7, 11) is 0. The first-order valence-electron chi connectivity index (χ1n) is 5.88. The second kappa shape index (κ2) is 5.55. The van der Waals surface area contributed by atoms with Crippen LogP contribution in [0.2, 0.25) is 0 Å². The van der Waals surface area contributed by atoms with E-state index in [0.29, 0.717) is 12.0 Å². The molecule has 0 radical (unpaired) electrons. The monoisotopic (exact) mass is 258 g/mol. The fourth-order valence-corrected chi connectivity index (χ4v) is 1.98.